The quantitative estimate of drug-likeness (QED) is 0.0694. The van der Waals surface area contributed by atoms with Crippen molar-refractivity contribution in [3.05, 3.63) is 176 Å². The van der Waals surface area contributed by atoms with E-state index in [2.05, 4.69) is 9.97 Å². The Kier molecular flexibility index (Phi) is 12.5. The first kappa shape index (κ1) is 44.3. The summed E-state index contributed by atoms with van der Waals surface area (Å²) in [7, 11) is 0. The summed E-state index contributed by atoms with van der Waals surface area (Å²) in [5, 5.41) is -0.757. The fraction of sp³-hybridized carbons (Fsp3) is 0.204. The molecule has 0 radical (unpaired) electrons. The summed E-state index contributed by atoms with van der Waals surface area (Å²) >= 11 is 12.1. The van der Waals surface area contributed by atoms with Gasteiger partial charge in [-0.2, -0.15) is 26.3 Å². The van der Waals surface area contributed by atoms with Gasteiger partial charge in [0.15, 0.2) is 0 Å². The second-order valence-corrected chi connectivity index (χ2v) is 16.0. The third-order valence-corrected chi connectivity index (χ3v) is 11.5. The molecule has 0 atom stereocenters. The standard InChI is InChI=1S/C49H38Cl2F6N4O3/c1-3-45-58-41-25-37(48(52,53)54)39(50)27-43(41)60(45)33-17-9-29(10-18-33)5-7-31-13-21-35(22-14-31)63-47(62)64-36-23-15-32(16-24-36)8-6-30-11-19-34(20-12-30)61-44-28-40(51)38(49(55,56)57)26-42(44)59-46(61)4-2/h9-28H,3-8H2,1-2H3. The summed E-state index contributed by atoms with van der Waals surface area (Å²) < 4.78 is 95.3. The second-order valence-electron chi connectivity index (χ2n) is 15.1. The number of rotatable bonds is 12. The molecule has 64 heavy (non-hydrogen) atoms. The third kappa shape index (κ3) is 9.60. The Balaban J connectivity index is 0.816. The first-order chi connectivity index (χ1) is 30.6. The molecule has 328 valence electrons. The number of alkyl halides is 6. The minimum atomic E-state index is -4.58. The van der Waals surface area contributed by atoms with E-state index >= 15 is 0 Å². The van der Waals surface area contributed by atoms with E-state index in [4.69, 9.17) is 32.7 Å². The molecule has 0 aliphatic heterocycles. The van der Waals surface area contributed by atoms with Crippen molar-refractivity contribution in [3.63, 3.8) is 0 Å². The van der Waals surface area contributed by atoms with Crippen LogP contribution in [0.3, 0.4) is 0 Å². The van der Waals surface area contributed by atoms with Gasteiger partial charge >= 0.3 is 18.5 Å². The number of aromatic nitrogens is 4. The number of benzene rings is 6. The third-order valence-electron chi connectivity index (χ3n) is 10.9. The summed E-state index contributed by atoms with van der Waals surface area (Å²) in [6, 6.07) is 34.4. The van der Waals surface area contributed by atoms with Crippen LogP contribution in [0.25, 0.3) is 33.4 Å². The number of halogens is 8. The maximum absolute atomic E-state index is 13.5. The predicted molar refractivity (Wildman–Crippen MR) is 235 cm³/mol. The average Bonchev–Trinajstić information content (AvgIpc) is 3.82. The van der Waals surface area contributed by atoms with Gasteiger partial charge in [0.2, 0.25) is 0 Å². The molecule has 7 nitrogen and oxygen atoms in total. The van der Waals surface area contributed by atoms with Crippen LogP contribution in [0.2, 0.25) is 10.0 Å². The lowest BCUT2D eigenvalue weighted by Crippen LogP contribution is -2.13. The van der Waals surface area contributed by atoms with Crippen molar-refractivity contribution >= 4 is 51.4 Å². The van der Waals surface area contributed by atoms with Gasteiger partial charge in [-0.3, -0.25) is 9.13 Å². The van der Waals surface area contributed by atoms with E-state index in [0.717, 1.165) is 58.6 Å². The number of imidazole rings is 2. The van der Waals surface area contributed by atoms with Crippen LogP contribution >= 0.6 is 23.2 Å². The second kappa shape index (κ2) is 18.1. The molecule has 15 heteroatoms. The molecule has 2 heterocycles. The number of fused-ring (bicyclic) bond motifs is 2. The lowest BCUT2D eigenvalue weighted by molar-refractivity contribution is -0.138. The van der Waals surface area contributed by atoms with Crippen LogP contribution in [-0.4, -0.2) is 25.3 Å². The molecule has 0 aliphatic carbocycles. The van der Waals surface area contributed by atoms with Gasteiger partial charge in [-0.25, -0.2) is 14.8 Å². The normalized spacial score (nSPS) is 12.0. The predicted octanol–water partition coefficient (Wildman–Crippen LogP) is 14.0. The topological polar surface area (TPSA) is 71.2 Å². The van der Waals surface area contributed by atoms with Crippen molar-refractivity contribution < 1.29 is 40.6 Å². The Morgan fingerprint density at radius 3 is 1.12 bits per heavy atom. The zero-order chi connectivity index (χ0) is 45.3. The zero-order valence-electron chi connectivity index (χ0n) is 34.3. The SMILES string of the molecule is CCc1nc2cc(C(F)(F)F)c(Cl)cc2n1-c1ccc(CCc2ccc(OC(=O)Oc3ccc(CCc4ccc(-n5c(CC)nc6cc(C(F)(F)F)c(Cl)cc65)cc4)cc3)cc2)cc1. The van der Waals surface area contributed by atoms with E-state index < -0.39 is 29.6 Å². The molecular weight excluding hydrogens is 877 g/mol. The Morgan fingerprint density at radius 2 is 0.828 bits per heavy atom. The maximum Gasteiger partial charge on any atom is 0.519 e. The average molecular weight is 916 g/mol. The highest BCUT2D eigenvalue weighted by molar-refractivity contribution is 6.32. The van der Waals surface area contributed by atoms with E-state index in [1.165, 1.54) is 12.1 Å². The Bertz CT molecular complexity index is 2760. The largest absolute Gasteiger partial charge is 0.519 e. The zero-order valence-corrected chi connectivity index (χ0v) is 35.8. The van der Waals surface area contributed by atoms with Crippen LogP contribution < -0.4 is 9.47 Å². The highest BCUT2D eigenvalue weighted by atomic mass is 35.5. The lowest BCUT2D eigenvalue weighted by Gasteiger charge is -2.12. The first-order valence-electron chi connectivity index (χ1n) is 20.4. The van der Waals surface area contributed by atoms with Crippen molar-refractivity contribution in [3.8, 4) is 22.9 Å². The highest BCUT2D eigenvalue weighted by Crippen LogP contribution is 2.39. The van der Waals surface area contributed by atoms with E-state index in [1.807, 2.05) is 95.8 Å². The van der Waals surface area contributed by atoms with Crippen LogP contribution in [0.5, 0.6) is 11.5 Å². The van der Waals surface area contributed by atoms with Gasteiger partial charge in [-0.1, -0.05) is 85.6 Å². The number of ether oxygens (including phenoxy) is 2. The summed E-state index contributed by atoms with van der Waals surface area (Å²) in [5.41, 5.74) is 5.32. The molecular formula is C49H38Cl2F6N4O3. The molecule has 0 saturated heterocycles. The monoisotopic (exact) mass is 914 g/mol. The molecule has 0 bridgehead atoms. The number of carbonyl (C=O) groups excluding carboxylic acids is 1. The molecule has 0 aliphatic rings. The van der Waals surface area contributed by atoms with E-state index in [9.17, 15) is 31.1 Å². The summed E-state index contributed by atoms with van der Waals surface area (Å²) in [6.45, 7) is 3.78. The van der Waals surface area contributed by atoms with Gasteiger partial charge in [0.05, 0.1) is 43.2 Å². The maximum atomic E-state index is 13.5. The van der Waals surface area contributed by atoms with Crippen LogP contribution in [0.4, 0.5) is 31.1 Å². The number of hydrogen-bond donors (Lipinski definition) is 0. The molecule has 8 rings (SSSR count). The Morgan fingerprint density at radius 1 is 0.516 bits per heavy atom. The van der Waals surface area contributed by atoms with E-state index in [-0.39, 0.29) is 21.1 Å². The van der Waals surface area contributed by atoms with Crippen molar-refractivity contribution in [2.24, 2.45) is 0 Å². The van der Waals surface area contributed by atoms with Crippen molar-refractivity contribution in [2.75, 3.05) is 0 Å². The van der Waals surface area contributed by atoms with Gasteiger partial charge in [-0.15, -0.1) is 0 Å². The van der Waals surface area contributed by atoms with Crippen molar-refractivity contribution in [1.29, 1.82) is 0 Å². The lowest BCUT2D eigenvalue weighted by atomic mass is 10.0. The van der Waals surface area contributed by atoms with E-state index in [1.54, 1.807) is 24.3 Å². The molecule has 0 unspecified atom stereocenters. The molecule has 0 amide bonds. The smallest absolute Gasteiger partial charge is 0.395 e. The number of hydrogen-bond acceptors (Lipinski definition) is 5. The fourth-order valence-electron chi connectivity index (χ4n) is 7.64. The molecule has 0 fully saturated rings. The van der Waals surface area contributed by atoms with Crippen molar-refractivity contribution in [2.45, 2.75) is 64.7 Å². The minimum Gasteiger partial charge on any atom is -0.395 e. The summed E-state index contributed by atoms with van der Waals surface area (Å²) in [6.07, 6.45) is -6.15. The number of aryl methyl sites for hydroxylation is 6. The Labute approximate surface area is 373 Å². The first-order valence-corrected chi connectivity index (χ1v) is 21.2. The molecule has 2 aromatic heterocycles. The fourth-order valence-corrected chi connectivity index (χ4v) is 8.17. The van der Waals surface area contributed by atoms with Crippen LogP contribution in [-0.2, 0) is 50.9 Å². The molecule has 0 N–H and O–H groups in total. The van der Waals surface area contributed by atoms with Gasteiger partial charge in [0, 0.05) is 24.2 Å². The molecule has 0 saturated carbocycles. The minimum absolute atomic E-state index is 0.225. The van der Waals surface area contributed by atoms with Crippen molar-refractivity contribution in [1.82, 2.24) is 19.1 Å². The molecule has 0 spiro atoms. The van der Waals surface area contributed by atoms with Gasteiger partial charge in [0.25, 0.3) is 0 Å². The van der Waals surface area contributed by atoms with Crippen LogP contribution in [0.15, 0.2) is 121 Å². The van der Waals surface area contributed by atoms with Gasteiger partial charge < -0.3 is 9.47 Å². The Hall–Kier alpha value is -6.31. The van der Waals surface area contributed by atoms with Crippen LogP contribution in [0, 0.1) is 0 Å². The van der Waals surface area contributed by atoms with Crippen LogP contribution in [0.1, 0.15) is 58.9 Å². The summed E-state index contributed by atoms with van der Waals surface area (Å²) in [4.78, 5) is 21.5. The van der Waals surface area contributed by atoms with Gasteiger partial charge in [-0.05, 0) is 121 Å². The number of carbonyl (C=O) groups is 1. The number of nitrogens with zero attached hydrogens (tertiary/aromatic N) is 4. The molecule has 6 aromatic carbocycles. The van der Waals surface area contributed by atoms with Gasteiger partial charge in [0.1, 0.15) is 23.1 Å². The molecule has 8 aromatic rings. The highest BCUT2D eigenvalue weighted by Gasteiger charge is 2.35. The van der Waals surface area contributed by atoms with E-state index in [0.29, 0.717) is 59.9 Å². The summed E-state index contributed by atoms with van der Waals surface area (Å²) in [5.74, 6) is 1.90.